The van der Waals surface area contributed by atoms with E-state index in [1.54, 1.807) is 35.9 Å². The highest BCUT2D eigenvalue weighted by molar-refractivity contribution is 5.87. The van der Waals surface area contributed by atoms with E-state index < -0.39 is 11.9 Å². The van der Waals surface area contributed by atoms with E-state index in [2.05, 4.69) is 10.6 Å². The molecular weight excluding hydrogens is 564 g/mol. The van der Waals surface area contributed by atoms with Crippen LogP contribution in [0.1, 0.15) is 49.3 Å². The smallest absolute Gasteiger partial charge is 0.260 e. The molecule has 44 heavy (non-hydrogen) atoms. The van der Waals surface area contributed by atoms with Crippen molar-refractivity contribution in [2.45, 2.75) is 58.9 Å². The van der Waals surface area contributed by atoms with Crippen LogP contribution in [-0.2, 0) is 25.6 Å². The average Bonchev–Trinajstić information content (AvgIpc) is 3.01. The maximum Gasteiger partial charge on any atom is 0.260 e. The zero-order chi connectivity index (χ0) is 32.1. The van der Waals surface area contributed by atoms with Crippen molar-refractivity contribution in [1.29, 1.82) is 0 Å². The number of methoxy groups -OCH3 is 1. The van der Waals surface area contributed by atoms with Gasteiger partial charge in [0.2, 0.25) is 11.8 Å². The molecule has 2 aromatic rings. The number of carbonyl (C=O) groups is 4. The molecule has 4 amide bonds. The number of nitrogens with zero attached hydrogens (tertiary/aromatic N) is 2. The van der Waals surface area contributed by atoms with Gasteiger partial charge < -0.3 is 34.6 Å². The third-order valence-corrected chi connectivity index (χ3v) is 7.71. The minimum atomic E-state index is -0.735. The molecule has 1 aliphatic rings. The van der Waals surface area contributed by atoms with E-state index in [4.69, 9.17) is 14.2 Å². The third-order valence-electron chi connectivity index (χ3n) is 7.71. The van der Waals surface area contributed by atoms with Crippen molar-refractivity contribution in [3.63, 3.8) is 0 Å². The molecule has 2 N–H and O–H groups in total. The van der Waals surface area contributed by atoms with E-state index in [0.29, 0.717) is 69.1 Å². The van der Waals surface area contributed by atoms with Gasteiger partial charge in [0, 0.05) is 39.6 Å². The Morgan fingerprint density at radius 1 is 0.977 bits per heavy atom. The Bertz CT molecular complexity index is 1300. The van der Waals surface area contributed by atoms with Gasteiger partial charge in [0.15, 0.2) is 24.7 Å². The number of rotatable bonds is 4. The summed E-state index contributed by atoms with van der Waals surface area (Å²) in [4.78, 5) is 54.5. The summed E-state index contributed by atoms with van der Waals surface area (Å²) in [6, 6.07) is 10.3. The number of ether oxygens (including phenoxy) is 3. The van der Waals surface area contributed by atoms with Gasteiger partial charge in [-0.25, -0.2) is 0 Å². The lowest BCUT2D eigenvalue weighted by atomic mass is 10.1. The van der Waals surface area contributed by atoms with Crippen molar-refractivity contribution in [2.75, 3.05) is 53.6 Å². The molecular formula is C33H46N4O7. The molecule has 11 nitrogen and oxygen atoms in total. The molecule has 0 saturated heterocycles. The summed E-state index contributed by atoms with van der Waals surface area (Å²) >= 11 is 0. The average molecular weight is 611 g/mol. The molecule has 0 saturated carbocycles. The summed E-state index contributed by atoms with van der Waals surface area (Å²) < 4.78 is 16.9. The van der Waals surface area contributed by atoms with Crippen LogP contribution in [0.15, 0.2) is 36.4 Å². The maximum absolute atomic E-state index is 13.2. The van der Waals surface area contributed by atoms with Crippen LogP contribution in [0.4, 0.5) is 0 Å². The van der Waals surface area contributed by atoms with Crippen LogP contribution in [0, 0.1) is 13.8 Å². The predicted molar refractivity (Wildman–Crippen MR) is 167 cm³/mol. The Morgan fingerprint density at radius 3 is 2.50 bits per heavy atom. The number of nitrogens with one attached hydrogen (secondary N) is 2. The summed E-state index contributed by atoms with van der Waals surface area (Å²) in [6.45, 7) is 7.08. The number of fused-ring (bicyclic) bond motifs is 2. The van der Waals surface area contributed by atoms with Gasteiger partial charge in [0.1, 0.15) is 11.8 Å². The fourth-order valence-electron chi connectivity index (χ4n) is 4.89. The quantitative estimate of drug-likeness (QED) is 0.545. The van der Waals surface area contributed by atoms with E-state index in [0.717, 1.165) is 16.7 Å². The molecule has 11 heteroatoms. The zero-order valence-electron chi connectivity index (χ0n) is 26.6. The first-order valence-corrected chi connectivity index (χ1v) is 15.2. The Balaban J connectivity index is 1.68. The highest BCUT2D eigenvalue weighted by atomic mass is 16.5. The van der Waals surface area contributed by atoms with Gasteiger partial charge in [-0.05, 0) is 81.3 Å². The summed E-state index contributed by atoms with van der Waals surface area (Å²) in [5.41, 5.74) is 2.94. The molecule has 0 fully saturated rings. The van der Waals surface area contributed by atoms with Crippen LogP contribution in [0.2, 0.25) is 0 Å². The van der Waals surface area contributed by atoms with Gasteiger partial charge in [-0.3, -0.25) is 19.2 Å². The number of carbonyl (C=O) groups excluding carboxylic acids is 4. The van der Waals surface area contributed by atoms with Crippen LogP contribution >= 0.6 is 0 Å². The Kier molecular flexibility index (Phi) is 13.3. The van der Waals surface area contributed by atoms with E-state index in [-0.39, 0.29) is 37.4 Å². The molecule has 0 radical (unpaired) electrons. The lowest BCUT2D eigenvalue weighted by Crippen LogP contribution is -2.47. The molecule has 0 unspecified atom stereocenters. The van der Waals surface area contributed by atoms with Gasteiger partial charge in [-0.1, -0.05) is 18.2 Å². The SMILES string of the molecule is COc1ccc2cc1OCC(=O)N[C@@H](C)C(=O)N(C)CCCCN(C(=O)COc1cccc(C)c1C)CCCNC(=O)CC2. The van der Waals surface area contributed by atoms with Gasteiger partial charge in [-0.2, -0.15) is 0 Å². The van der Waals surface area contributed by atoms with Crippen molar-refractivity contribution < 1.29 is 33.4 Å². The lowest BCUT2D eigenvalue weighted by Gasteiger charge is -2.25. The summed E-state index contributed by atoms with van der Waals surface area (Å²) in [6.07, 6.45) is 2.67. The minimum Gasteiger partial charge on any atom is -0.493 e. The number of amides is 4. The van der Waals surface area contributed by atoms with Crippen molar-refractivity contribution in [2.24, 2.45) is 0 Å². The van der Waals surface area contributed by atoms with Crippen LogP contribution in [0.25, 0.3) is 0 Å². The van der Waals surface area contributed by atoms with E-state index in [9.17, 15) is 19.2 Å². The Morgan fingerprint density at radius 2 is 1.73 bits per heavy atom. The van der Waals surface area contributed by atoms with Crippen molar-refractivity contribution in [3.8, 4) is 17.2 Å². The summed E-state index contributed by atoms with van der Waals surface area (Å²) in [7, 11) is 3.20. The molecule has 1 heterocycles. The van der Waals surface area contributed by atoms with Gasteiger partial charge >= 0.3 is 0 Å². The number of hydrogen-bond acceptors (Lipinski definition) is 7. The minimum absolute atomic E-state index is 0.0835. The fraction of sp³-hybridized carbons (Fsp3) is 0.515. The van der Waals surface area contributed by atoms with Crippen LogP contribution in [0.3, 0.4) is 0 Å². The summed E-state index contributed by atoms with van der Waals surface area (Å²) in [5, 5.41) is 5.63. The molecule has 1 aliphatic heterocycles. The van der Waals surface area contributed by atoms with Crippen LogP contribution in [0.5, 0.6) is 17.2 Å². The zero-order valence-corrected chi connectivity index (χ0v) is 26.6. The van der Waals surface area contributed by atoms with E-state index >= 15 is 0 Å². The molecule has 3 rings (SSSR count). The van der Waals surface area contributed by atoms with Crippen molar-refractivity contribution in [1.82, 2.24) is 20.4 Å². The van der Waals surface area contributed by atoms with Crippen LogP contribution in [-0.4, -0.2) is 93.0 Å². The number of hydrogen-bond donors (Lipinski definition) is 2. The topological polar surface area (TPSA) is 127 Å². The van der Waals surface area contributed by atoms with Crippen molar-refractivity contribution >= 4 is 23.6 Å². The molecule has 240 valence electrons. The number of benzene rings is 2. The van der Waals surface area contributed by atoms with E-state index in [1.165, 1.54) is 7.11 Å². The molecule has 0 spiro atoms. The lowest BCUT2D eigenvalue weighted by molar-refractivity contribution is -0.135. The monoisotopic (exact) mass is 610 g/mol. The Labute approximate surface area is 260 Å². The molecule has 0 aromatic heterocycles. The first kappa shape index (κ1) is 34.2. The van der Waals surface area contributed by atoms with Gasteiger partial charge in [0.25, 0.3) is 11.8 Å². The number of aryl methyl sites for hydroxylation is 2. The second kappa shape index (κ2) is 17.1. The maximum atomic E-state index is 13.2. The standard InChI is InChI=1S/C33H46N4O7/c1-23-10-8-11-27(24(23)2)44-22-32(40)37-18-7-6-17-36(4)33(41)25(3)35-31(39)21-43-29-20-26(12-14-28(29)42-5)13-15-30(38)34-16-9-19-37/h8,10-12,14,20,25H,6-7,9,13,15-19,21-22H2,1-5H3,(H,34,38)(H,35,39)/t25-/m0/s1. The normalized spacial score (nSPS) is 18.2. The molecule has 2 aromatic carbocycles. The highest BCUT2D eigenvalue weighted by Crippen LogP contribution is 2.28. The second-order valence-electron chi connectivity index (χ2n) is 11.1. The predicted octanol–water partition coefficient (Wildman–Crippen LogP) is 2.79. The van der Waals surface area contributed by atoms with Gasteiger partial charge in [-0.15, -0.1) is 0 Å². The van der Waals surface area contributed by atoms with E-state index in [1.807, 2.05) is 38.1 Å². The largest absolute Gasteiger partial charge is 0.493 e. The second-order valence-corrected chi connectivity index (χ2v) is 11.1. The van der Waals surface area contributed by atoms with Gasteiger partial charge in [0.05, 0.1) is 7.11 Å². The molecule has 2 bridgehead atoms. The fourth-order valence-corrected chi connectivity index (χ4v) is 4.89. The van der Waals surface area contributed by atoms with Crippen LogP contribution < -0.4 is 24.8 Å². The molecule has 1 atom stereocenters. The Hall–Kier alpha value is -4.28. The highest BCUT2D eigenvalue weighted by Gasteiger charge is 2.21. The summed E-state index contributed by atoms with van der Waals surface area (Å²) in [5.74, 6) is 0.638. The third kappa shape index (κ3) is 10.5. The first-order chi connectivity index (χ1) is 21.1. The first-order valence-electron chi connectivity index (χ1n) is 15.2. The molecule has 0 aliphatic carbocycles. The van der Waals surface area contributed by atoms with Crippen molar-refractivity contribution in [3.05, 3.63) is 53.1 Å². The number of likely N-dealkylation sites (N-methyl/N-ethyl adjacent to an activating group) is 1.